The van der Waals surface area contributed by atoms with Gasteiger partial charge in [-0.2, -0.15) is 0 Å². The second-order valence-electron chi connectivity index (χ2n) is 6.49. The molecule has 1 aliphatic heterocycles. The summed E-state index contributed by atoms with van der Waals surface area (Å²) in [6.07, 6.45) is 2.54. The van der Waals surface area contributed by atoms with Gasteiger partial charge >= 0.3 is 0 Å². The highest BCUT2D eigenvalue weighted by molar-refractivity contribution is 4.83. The zero-order valence-electron chi connectivity index (χ0n) is 12.2. The Morgan fingerprint density at radius 1 is 1.29 bits per heavy atom. The molecule has 0 spiro atoms. The molecule has 0 radical (unpaired) electrons. The fraction of sp³-hybridized carbons (Fsp3) is 1.00. The van der Waals surface area contributed by atoms with Crippen LogP contribution in [-0.4, -0.2) is 60.8 Å². The van der Waals surface area contributed by atoms with Crippen LogP contribution in [0.4, 0.5) is 0 Å². The summed E-state index contributed by atoms with van der Waals surface area (Å²) >= 11 is 0. The number of β-amino-alcohol motifs (C(OH)–C–C–N with tert-alkyl or cyclic N) is 1. The minimum absolute atomic E-state index is 0.321. The van der Waals surface area contributed by atoms with Gasteiger partial charge < -0.3 is 14.9 Å². The maximum atomic E-state index is 10.3. The van der Waals surface area contributed by atoms with E-state index >= 15 is 0 Å². The quantitative estimate of drug-likeness (QED) is 0.794. The SMILES string of the molecule is CC(C)C(C)(O)CN1CCC(CN(C)C)CC1. The van der Waals surface area contributed by atoms with Crippen molar-refractivity contribution >= 4 is 0 Å². The van der Waals surface area contributed by atoms with E-state index in [1.54, 1.807) is 0 Å². The molecule has 1 N–H and O–H groups in total. The van der Waals surface area contributed by atoms with E-state index in [1.807, 2.05) is 6.92 Å². The van der Waals surface area contributed by atoms with Crippen LogP contribution in [0.5, 0.6) is 0 Å². The van der Waals surface area contributed by atoms with E-state index in [2.05, 4.69) is 37.7 Å². The van der Waals surface area contributed by atoms with Crippen LogP contribution < -0.4 is 0 Å². The van der Waals surface area contributed by atoms with Crippen molar-refractivity contribution in [3.63, 3.8) is 0 Å². The van der Waals surface area contributed by atoms with Crippen LogP contribution in [0.25, 0.3) is 0 Å². The number of nitrogens with zero attached hydrogens (tertiary/aromatic N) is 2. The van der Waals surface area contributed by atoms with Crippen molar-refractivity contribution in [3.8, 4) is 0 Å². The summed E-state index contributed by atoms with van der Waals surface area (Å²) in [5.41, 5.74) is -0.547. The van der Waals surface area contributed by atoms with E-state index in [0.717, 1.165) is 25.6 Å². The Morgan fingerprint density at radius 2 is 1.82 bits per heavy atom. The molecule has 1 saturated heterocycles. The van der Waals surface area contributed by atoms with Gasteiger partial charge in [-0.1, -0.05) is 13.8 Å². The van der Waals surface area contributed by atoms with Crippen LogP contribution in [-0.2, 0) is 0 Å². The Kier molecular flexibility index (Phi) is 5.42. The standard InChI is InChI=1S/C14H30N2O/c1-12(2)14(3,17)11-16-8-6-13(7-9-16)10-15(4)5/h12-13,17H,6-11H2,1-5H3. The Balaban J connectivity index is 2.32. The van der Waals surface area contributed by atoms with E-state index < -0.39 is 5.60 Å². The van der Waals surface area contributed by atoms with Crippen LogP contribution in [0.2, 0.25) is 0 Å². The van der Waals surface area contributed by atoms with Crippen molar-refractivity contribution in [2.75, 3.05) is 40.3 Å². The van der Waals surface area contributed by atoms with Crippen molar-refractivity contribution in [1.82, 2.24) is 9.80 Å². The maximum Gasteiger partial charge on any atom is 0.0768 e. The highest BCUT2D eigenvalue weighted by Gasteiger charge is 2.29. The average molecular weight is 242 g/mol. The number of aliphatic hydroxyl groups is 1. The lowest BCUT2D eigenvalue weighted by molar-refractivity contribution is -0.0264. The van der Waals surface area contributed by atoms with Gasteiger partial charge in [-0.05, 0) is 58.8 Å². The Hall–Kier alpha value is -0.120. The maximum absolute atomic E-state index is 10.3. The van der Waals surface area contributed by atoms with Gasteiger partial charge in [0.1, 0.15) is 0 Å². The molecule has 3 heteroatoms. The zero-order valence-corrected chi connectivity index (χ0v) is 12.2. The molecule has 0 aromatic heterocycles. The van der Waals surface area contributed by atoms with E-state index in [1.165, 1.54) is 19.4 Å². The molecule has 1 rings (SSSR count). The van der Waals surface area contributed by atoms with Gasteiger partial charge in [0.15, 0.2) is 0 Å². The summed E-state index contributed by atoms with van der Waals surface area (Å²) in [5, 5.41) is 10.3. The Bertz CT molecular complexity index is 218. The molecular formula is C14H30N2O. The normalized spacial score (nSPS) is 23.3. The number of rotatable bonds is 5. The smallest absolute Gasteiger partial charge is 0.0768 e. The van der Waals surface area contributed by atoms with E-state index in [-0.39, 0.29) is 0 Å². The topological polar surface area (TPSA) is 26.7 Å². The fourth-order valence-corrected chi connectivity index (χ4v) is 2.48. The summed E-state index contributed by atoms with van der Waals surface area (Å²) in [5.74, 6) is 1.16. The lowest BCUT2D eigenvalue weighted by atomic mass is 9.90. The zero-order chi connectivity index (χ0) is 13.1. The lowest BCUT2D eigenvalue weighted by Gasteiger charge is -2.38. The first-order valence-corrected chi connectivity index (χ1v) is 6.90. The second kappa shape index (κ2) is 6.17. The van der Waals surface area contributed by atoms with Crippen molar-refractivity contribution in [2.45, 2.75) is 39.2 Å². The molecule has 102 valence electrons. The molecular weight excluding hydrogens is 212 g/mol. The van der Waals surface area contributed by atoms with Gasteiger partial charge in [-0.15, -0.1) is 0 Å². The molecule has 0 saturated carbocycles. The number of likely N-dealkylation sites (tertiary alicyclic amines) is 1. The number of hydrogen-bond acceptors (Lipinski definition) is 3. The van der Waals surface area contributed by atoms with Crippen LogP contribution in [0, 0.1) is 11.8 Å². The second-order valence-corrected chi connectivity index (χ2v) is 6.49. The predicted octanol–water partition coefficient (Wildman–Crippen LogP) is 1.67. The van der Waals surface area contributed by atoms with Crippen LogP contribution >= 0.6 is 0 Å². The first-order chi connectivity index (χ1) is 7.81. The van der Waals surface area contributed by atoms with Gasteiger partial charge in [0, 0.05) is 13.1 Å². The minimum Gasteiger partial charge on any atom is -0.389 e. The molecule has 0 aliphatic carbocycles. The van der Waals surface area contributed by atoms with Crippen molar-refractivity contribution in [2.24, 2.45) is 11.8 Å². The molecule has 0 aromatic rings. The summed E-state index contributed by atoms with van der Waals surface area (Å²) in [4.78, 5) is 4.71. The number of hydrogen-bond donors (Lipinski definition) is 1. The highest BCUT2D eigenvalue weighted by Crippen LogP contribution is 2.22. The Morgan fingerprint density at radius 3 is 2.24 bits per heavy atom. The number of piperidine rings is 1. The van der Waals surface area contributed by atoms with Crippen molar-refractivity contribution < 1.29 is 5.11 Å². The fourth-order valence-electron chi connectivity index (χ4n) is 2.48. The molecule has 3 nitrogen and oxygen atoms in total. The third-order valence-electron chi connectivity index (χ3n) is 4.12. The molecule has 17 heavy (non-hydrogen) atoms. The molecule has 0 aromatic carbocycles. The predicted molar refractivity (Wildman–Crippen MR) is 73.2 cm³/mol. The van der Waals surface area contributed by atoms with Gasteiger partial charge in [-0.25, -0.2) is 0 Å². The average Bonchev–Trinajstić information content (AvgIpc) is 2.19. The van der Waals surface area contributed by atoms with E-state index in [0.29, 0.717) is 5.92 Å². The Labute approximate surface area is 107 Å². The van der Waals surface area contributed by atoms with Gasteiger partial charge in [0.25, 0.3) is 0 Å². The van der Waals surface area contributed by atoms with Gasteiger partial charge in [-0.3, -0.25) is 0 Å². The molecule has 1 fully saturated rings. The third-order valence-corrected chi connectivity index (χ3v) is 4.12. The largest absolute Gasteiger partial charge is 0.389 e. The molecule has 1 aliphatic rings. The van der Waals surface area contributed by atoms with Crippen molar-refractivity contribution in [3.05, 3.63) is 0 Å². The van der Waals surface area contributed by atoms with E-state index in [4.69, 9.17) is 0 Å². The molecule has 1 heterocycles. The lowest BCUT2D eigenvalue weighted by Crippen LogP contribution is -2.47. The molecule has 1 atom stereocenters. The van der Waals surface area contributed by atoms with E-state index in [9.17, 15) is 5.11 Å². The molecule has 0 amide bonds. The summed E-state index contributed by atoms with van der Waals surface area (Å²) in [6, 6.07) is 0. The first-order valence-electron chi connectivity index (χ1n) is 6.90. The van der Waals surface area contributed by atoms with Crippen LogP contribution in [0.3, 0.4) is 0 Å². The molecule has 1 unspecified atom stereocenters. The summed E-state index contributed by atoms with van der Waals surface area (Å²) in [6.45, 7) is 10.5. The highest BCUT2D eigenvalue weighted by atomic mass is 16.3. The van der Waals surface area contributed by atoms with Crippen LogP contribution in [0.1, 0.15) is 33.6 Å². The summed E-state index contributed by atoms with van der Waals surface area (Å²) in [7, 11) is 4.30. The van der Waals surface area contributed by atoms with Crippen molar-refractivity contribution in [1.29, 1.82) is 0 Å². The first kappa shape index (κ1) is 14.9. The van der Waals surface area contributed by atoms with Crippen LogP contribution in [0.15, 0.2) is 0 Å². The monoisotopic (exact) mass is 242 g/mol. The van der Waals surface area contributed by atoms with Gasteiger partial charge in [0.05, 0.1) is 5.60 Å². The molecule has 0 bridgehead atoms. The third kappa shape index (κ3) is 4.94. The minimum atomic E-state index is -0.547. The van der Waals surface area contributed by atoms with Gasteiger partial charge in [0.2, 0.25) is 0 Å². The summed E-state index contributed by atoms with van der Waals surface area (Å²) < 4.78 is 0.